The molecule has 0 fully saturated rings. The van der Waals surface area contributed by atoms with Crippen molar-refractivity contribution in [2.24, 2.45) is 0 Å². The Labute approximate surface area is 149 Å². The summed E-state index contributed by atoms with van der Waals surface area (Å²) in [5.41, 5.74) is -0.862. The topological polar surface area (TPSA) is 79.3 Å². The van der Waals surface area contributed by atoms with Gasteiger partial charge in [0, 0.05) is 22.5 Å². The van der Waals surface area contributed by atoms with E-state index in [1.54, 1.807) is 12.1 Å². The van der Waals surface area contributed by atoms with E-state index in [2.05, 4.69) is 4.98 Å². The molecular formula is C15H10ClF3N2O3S. The first-order valence-corrected chi connectivity index (χ1v) is 7.86. The molecule has 0 saturated carbocycles. The van der Waals surface area contributed by atoms with Gasteiger partial charge in [0.15, 0.2) is 6.29 Å². The number of hydrogen-bond donors (Lipinski definition) is 2. The third kappa shape index (κ3) is 4.86. The zero-order valence-corrected chi connectivity index (χ0v) is 13.9. The maximum Gasteiger partial charge on any atom is 0.416 e. The van der Waals surface area contributed by atoms with Crippen LogP contribution in [0.2, 0.25) is 5.02 Å². The fourth-order valence-corrected chi connectivity index (χ4v) is 3.26. The molecule has 1 aromatic heterocycles. The van der Waals surface area contributed by atoms with Crippen molar-refractivity contribution in [1.29, 1.82) is 0 Å². The number of nitrogens with zero attached hydrogens (tertiary/aromatic N) is 1. The first-order valence-electron chi connectivity index (χ1n) is 6.67. The van der Waals surface area contributed by atoms with Crippen LogP contribution in [0.3, 0.4) is 0 Å². The third-order valence-electron chi connectivity index (χ3n) is 3.00. The Hall–Kier alpha value is -2.26. The zero-order chi connectivity index (χ0) is 18.6. The Morgan fingerprint density at radius 1 is 1.40 bits per heavy atom. The molecule has 132 valence electrons. The number of nitrogens with one attached hydrogen (secondary N) is 1. The number of carboxylic acid groups (broad SMARTS) is 1. The Morgan fingerprint density at radius 2 is 2.12 bits per heavy atom. The SMILES string of the molecule is O=Cc1ncccc1Sc1c(Cl)cc(C(F)(F)F)cc1CNC(=O)O. The molecule has 2 rings (SSSR count). The first kappa shape index (κ1) is 19.1. The monoisotopic (exact) mass is 390 g/mol. The molecule has 0 aliphatic heterocycles. The van der Waals surface area contributed by atoms with Gasteiger partial charge in [-0.05, 0) is 29.8 Å². The minimum Gasteiger partial charge on any atom is -0.465 e. The number of benzene rings is 1. The van der Waals surface area contributed by atoms with Gasteiger partial charge in [-0.3, -0.25) is 9.78 Å². The van der Waals surface area contributed by atoms with Crippen LogP contribution in [-0.2, 0) is 12.7 Å². The van der Waals surface area contributed by atoms with Crippen LogP contribution in [0.4, 0.5) is 18.0 Å². The van der Waals surface area contributed by atoms with Gasteiger partial charge in [0.05, 0.1) is 10.6 Å². The van der Waals surface area contributed by atoms with E-state index in [0.717, 1.165) is 23.9 Å². The van der Waals surface area contributed by atoms with E-state index < -0.39 is 17.8 Å². The van der Waals surface area contributed by atoms with Crippen LogP contribution in [0.1, 0.15) is 21.6 Å². The van der Waals surface area contributed by atoms with Crippen molar-refractivity contribution in [3.8, 4) is 0 Å². The lowest BCUT2D eigenvalue weighted by molar-refractivity contribution is -0.137. The fraction of sp³-hybridized carbons (Fsp3) is 0.133. The molecule has 0 aliphatic carbocycles. The maximum absolute atomic E-state index is 13.0. The first-order chi connectivity index (χ1) is 11.7. The van der Waals surface area contributed by atoms with Gasteiger partial charge in [0.1, 0.15) is 5.69 Å². The molecule has 1 aromatic carbocycles. The van der Waals surface area contributed by atoms with Crippen molar-refractivity contribution in [3.05, 3.63) is 52.3 Å². The molecule has 2 aromatic rings. The van der Waals surface area contributed by atoms with Crippen molar-refractivity contribution < 1.29 is 27.9 Å². The minimum absolute atomic E-state index is 0.0351. The van der Waals surface area contributed by atoms with Gasteiger partial charge < -0.3 is 10.4 Å². The number of aromatic nitrogens is 1. The lowest BCUT2D eigenvalue weighted by Crippen LogP contribution is -2.21. The van der Waals surface area contributed by atoms with Crippen LogP contribution >= 0.6 is 23.4 Å². The van der Waals surface area contributed by atoms with Crippen LogP contribution in [0.5, 0.6) is 0 Å². The summed E-state index contributed by atoms with van der Waals surface area (Å²) in [5, 5.41) is 10.5. The number of alkyl halides is 3. The van der Waals surface area contributed by atoms with Crippen LogP contribution in [0.25, 0.3) is 0 Å². The lowest BCUT2D eigenvalue weighted by atomic mass is 10.1. The van der Waals surface area contributed by atoms with Crippen molar-refractivity contribution in [1.82, 2.24) is 10.3 Å². The highest BCUT2D eigenvalue weighted by Gasteiger charge is 2.32. The molecule has 1 heterocycles. The van der Waals surface area contributed by atoms with Gasteiger partial charge in [-0.15, -0.1) is 0 Å². The van der Waals surface area contributed by atoms with E-state index in [1.165, 1.54) is 6.20 Å². The minimum atomic E-state index is -4.63. The number of hydrogen-bond acceptors (Lipinski definition) is 4. The predicted octanol–water partition coefficient (Wildman–Crippen LogP) is 4.49. The maximum atomic E-state index is 13.0. The average Bonchev–Trinajstić information content (AvgIpc) is 2.54. The molecule has 0 unspecified atom stereocenters. The molecule has 0 saturated heterocycles. The summed E-state index contributed by atoms with van der Waals surface area (Å²) in [4.78, 5) is 26.2. The number of pyridine rings is 1. The number of carbonyl (C=O) groups excluding carboxylic acids is 1. The molecule has 1 amide bonds. The van der Waals surface area contributed by atoms with Gasteiger partial charge in [-0.2, -0.15) is 13.2 Å². The van der Waals surface area contributed by atoms with E-state index in [1.807, 2.05) is 5.32 Å². The van der Waals surface area contributed by atoms with E-state index in [4.69, 9.17) is 16.7 Å². The van der Waals surface area contributed by atoms with Crippen LogP contribution in [-0.4, -0.2) is 22.5 Å². The summed E-state index contributed by atoms with van der Waals surface area (Å²) in [7, 11) is 0. The highest BCUT2D eigenvalue weighted by molar-refractivity contribution is 7.99. The Bertz CT molecular complexity index is 815. The molecule has 5 nitrogen and oxygen atoms in total. The highest BCUT2D eigenvalue weighted by Crippen LogP contribution is 2.41. The second-order valence-electron chi connectivity index (χ2n) is 4.71. The van der Waals surface area contributed by atoms with Gasteiger partial charge in [-0.25, -0.2) is 4.79 Å². The molecule has 0 atom stereocenters. The molecule has 10 heteroatoms. The third-order valence-corrected chi connectivity index (χ3v) is 4.66. The van der Waals surface area contributed by atoms with E-state index in [9.17, 15) is 22.8 Å². The Morgan fingerprint density at radius 3 is 2.72 bits per heavy atom. The summed E-state index contributed by atoms with van der Waals surface area (Å²) in [5.74, 6) is 0. The number of amides is 1. The molecule has 25 heavy (non-hydrogen) atoms. The molecule has 0 bridgehead atoms. The summed E-state index contributed by atoms with van der Waals surface area (Å²) in [6.45, 7) is -0.377. The molecular weight excluding hydrogens is 381 g/mol. The lowest BCUT2D eigenvalue weighted by Gasteiger charge is -2.15. The average molecular weight is 391 g/mol. The Kier molecular flexibility index (Phi) is 5.91. The quantitative estimate of drug-likeness (QED) is 0.735. The second-order valence-corrected chi connectivity index (χ2v) is 6.17. The van der Waals surface area contributed by atoms with Gasteiger partial charge in [0.2, 0.25) is 0 Å². The predicted molar refractivity (Wildman–Crippen MR) is 85.1 cm³/mol. The number of rotatable bonds is 5. The molecule has 0 spiro atoms. The smallest absolute Gasteiger partial charge is 0.416 e. The molecule has 0 aliphatic rings. The summed E-state index contributed by atoms with van der Waals surface area (Å²) < 4.78 is 38.9. The summed E-state index contributed by atoms with van der Waals surface area (Å²) in [6.07, 6.45) is -4.11. The summed E-state index contributed by atoms with van der Waals surface area (Å²) >= 11 is 6.93. The number of halogens is 4. The van der Waals surface area contributed by atoms with Gasteiger partial charge in [-0.1, -0.05) is 23.4 Å². The fourth-order valence-electron chi connectivity index (χ4n) is 1.92. The standard InChI is InChI=1S/C15H10ClF3N2O3S/c16-10-5-9(15(17,18)19)4-8(6-21-14(23)24)13(10)25-12-2-1-3-20-11(12)7-22/h1-5,7,21H,6H2,(H,23,24). The second kappa shape index (κ2) is 7.75. The number of aldehydes is 1. The van der Waals surface area contributed by atoms with Crippen molar-refractivity contribution in [3.63, 3.8) is 0 Å². The summed E-state index contributed by atoms with van der Waals surface area (Å²) in [6, 6.07) is 4.69. The van der Waals surface area contributed by atoms with Crippen molar-refractivity contribution in [2.45, 2.75) is 22.5 Å². The van der Waals surface area contributed by atoms with Crippen molar-refractivity contribution >= 4 is 35.7 Å². The number of carbonyl (C=O) groups is 2. The Balaban J connectivity index is 2.51. The normalized spacial score (nSPS) is 11.2. The van der Waals surface area contributed by atoms with Crippen molar-refractivity contribution in [2.75, 3.05) is 0 Å². The van der Waals surface area contributed by atoms with E-state index >= 15 is 0 Å². The zero-order valence-electron chi connectivity index (χ0n) is 12.3. The van der Waals surface area contributed by atoms with Gasteiger partial charge in [0.25, 0.3) is 0 Å². The van der Waals surface area contributed by atoms with Crippen LogP contribution < -0.4 is 5.32 Å². The largest absolute Gasteiger partial charge is 0.465 e. The molecule has 2 N–H and O–H groups in total. The van der Waals surface area contributed by atoms with E-state index in [0.29, 0.717) is 11.2 Å². The van der Waals surface area contributed by atoms with Crippen LogP contribution in [0, 0.1) is 0 Å². The molecule has 0 radical (unpaired) electrons. The van der Waals surface area contributed by atoms with Crippen LogP contribution in [0.15, 0.2) is 40.3 Å². The van der Waals surface area contributed by atoms with E-state index in [-0.39, 0.29) is 27.7 Å². The van der Waals surface area contributed by atoms with Gasteiger partial charge >= 0.3 is 12.3 Å². The highest BCUT2D eigenvalue weighted by atomic mass is 35.5.